The summed E-state index contributed by atoms with van der Waals surface area (Å²) in [7, 11) is 0. The predicted octanol–water partition coefficient (Wildman–Crippen LogP) is 4.22. The molecule has 0 saturated heterocycles. The Kier molecular flexibility index (Phi) is 4.57. The van der Waals surface area contributed by atoms with E-state index in [-0.39, 0.29) is 11.3 Å². The highest BCUT2D eigenvalue weighted by molar-refractivity contribution is 6.09. The lowest BCUT2D eigenvalue weighted by Gasteiger charge is -2.10. The van der Waals surface area contributed by atoms with Gasteiger partial charge in [-0.2, -0.15) is 13.2 Å². The van der Waals surface area contributed by atoms with Crippen LogP contribution in [-0.4, -0.2) is 16.9 Å². The summed E-state index contributed by atoms with van der Waals surface area (Å²) >= 11 is 0. The van der Waals surface area contributed by atoms with Crippen molar-refractivity contribution in [3.63, 3.8) is 0 Å². The minimum absolute atomic E-state index is 0.0761. The van der Waals surface area contributed by atoms with Crippen LogP contribution < -0.4 is 10.6 Å². The quantitative estimate of drug-likeness (QED) is 0.720. The summed E-state index contributed by atoms with van der Waals surface area (Å²) in [5, 5.41) is 5.01. The van der Waals surface area contributed by atoms with Gasteiger partial charge in [-0.3, -0.25) is 15.1 Å². The number of hydrogen-bond acceptors (Lipinski definition) is 3. The van der Waals surface area contributed by atoms with Crippen LogP contribution in [0.3, 0.4) is 0 Å². The van der Waals surface area contributed by atoms with E-state index >= 15 is 0 Å². The van der Waals surface area contributed by atoms with Gasteiger partial charge in [0.05, 0.1) is 11.1 Å². The van der Waals surface area contributed by atoms with Gasteiger partial charge in [0, 0.05) is 22.8 Å². The molecule has 3 amide bonds. The van der Waals surface area contributed by atoms with Gasteiger partial charge in [0.15, 0.2) is 0 Å². The van der Waals surface area contributed by atoms with Gasteiger partial charge in [0.2, 0.25) is 0 Å². The van der Waals surface area contributed by atoms with Crippen molar-refractivity contribution in [3.8, 4) is 0 Å². The summed E-state index contributed by atoms with van der Waals surface area (Å²) in [6, 6.07) is 11.4. The molecule has 8 heteroatoms. The van der Waals surface area contributed by atoms with Gasteiger partial charge in [0.25, 0.3) is 5.91 Å². The molecule has 0 unspecified atom stereocenters. The van der Waals surface area contributed by atoms with Crippen molar-refractivity contribution in [2.75, 3.05) is 5.32 Å². The molecular formula is C18H12F3N3O2. The molecule has 26 heavy (non-hydrogen) atoms. The average molecular weight is 359 g/mol. The van der Waals surface area contributed by atoms with Crippen LogP contribution in [0.25, 0.3) is 10.9 Å². The number of halogens is 3. The number of aromatic nitrogens is 1. The summed E-state index contributed by atoms with van der Waals surface area (Å²) in [5.41, 5.74) is -0.0568. The Morgan fingerprint density at radius 1 is 0.962 bits per heavy atom. The standard InChI is InChI=1S/C18H12F3N3O2/c19-18(20,21)13-4-1-5-14(10-13)23-17(26)24-16(25)12-6-7-15-11(9-12)3-2-8-22-15/h1-10H,(H2,23,24,25,26). The summed E-state index contributed by atoms with van der Waals surface area (Å²) in [6.07, 6.45) is -2.91. The highest BCUT2D eigenvalue weighted by Gasteiger charge is 2.30. The van der Waals surface area contributed by atoms with Crippen LogP contribution in [0.4, 0.5) is 23.7 Å². The fourth-order valence-corrected chi connectivity index (χ4v) is 2.33. The molecule has 2 aromatic carbocycles. The molecule has 0 spiro atoms. The normalized spacial score (nSPS) is 11.2. The van der Waals surface area contributed by atoms with E-state index < -0.39 is 23.7 Å². The first-order valence-electron chi connectivity index (χ1n) is 7.47. The molecule has 3 rings (SSSR count). The third kappa shape index (κ3) is 3.97. The first-order valence-corrected chi connectivity index (χ1v) is 7.47. The van der Waals surface area contributed by atoms with Gasteiger partial charge in [-0.1, -0.05) is 12.1 Å². The Bertz CT molecular complexity index is 987. The Labute approximate surface area is 145 Å². The number of amides is 3. The molecule has 0 aliphatic rings. The van der Waals surface area contributed by atoms with Crippen LogP contribution in [0, 0.1) is 0 Å². The lowest BCUT2D eigenvalue weighted by molar-refractivity contribution is -0.137. The van der Waals surface area contributed by atoms with E-state index in [4.69, 9.17) is 0 Å². The highest BCUT2D eigenvalue weighted by Crippen LogP contribution is 2.30. The number of fused-ring (bicyclic) bond motifs is 1. The number of pyridine rings is 1. The molecule has 0 bridgehead atoms. The maximum Gasteiger partial charge on any atom is 0.416 e. The van der Waals surface area contributed by atoms with Gasteiger partial charge in [-0.15, -0.1) is 0 Å². The number of nitrogens with zero attached hydrogens (tertiary/aromatic N) is 1. The van der Waals surface area contributed by atoms with E-state index in [1.165, 1.54) is 12.1 Å². The van der Waals surface area contributed by atoms with Crippen LogP contribution in [0.1, 0.15) is 15.9 Å². The largest absolute Gasteiger partial charge is 0.416 e. The van der Waals surface area contributed by atoms with Crippen LogP contribution in [-0.2, 0) is 6.18 Å². The van der Waals surface area contributed by atoms with Crippen molar-refractivity contribution >= 4 is 28.5 Å². The molecule has 0 aliphatic heterocycles. The van der Waals surface area contributed by atoms with Crippen molar-refractivity contribution in [2.45, 2.75) is 6.18 Å². The molecule has 0 saturated carbocycles. The molecule has 3 aromatic rings. The van der Waals surface area contributed by atoms with Crippen molar-refractivity contribution in [1.29, 1.82) is 0 Å². The third-order valence-corrected chi connectivity index (χ3v) is 3.54. The zero-order valence-corrected chi connectivity index (χ0v) is 13.2. The average Bonchev–Trinajstić information content (AvgIpc) is 2.60. The number of carbonyl (C=O) groups is 2. The highest BCUT2D eigenvalue weighted by atomic mass is 19.4. The second-order valence-electron chi connectivity index (χ2n) is 5.40. The van der Waals surface area contributed by atoms with E-state index in [1.54, 1.807) is 30.5 Å². The predicted molar refractivity (Wildman–Crippen MR) is 89.7 cm³/mol. The van der Waals surface area contributed by atoms with E-state index in [9.17, 15) is 22.8 Å². The van der Waals surface area contributed by atoms with E-state index in [2.05, 4.69) is 15.6 Å². The molecule has 0 fully saturated rings. The smallest absolute Gasteiger partial charge is 0.308 e. The fourth-order valence-electron chi connectivity index (χ4n) is 2.33. The maximum atomic E-state index is 12.7. The summed E-state index contributed by atoms with van der Waals surface area (Å²) in [4.78, 5) is 28.2. The zero-order valence-electron chi connectivity index (χ0n) is 13.2. The number of alkyl halides is 3. The molecular weight excluding hydrogens is 347 g/mol. The van der Waals surface area contributed by atoms with Gasteiger partial charge >= 0.3 is 12.2 Å². The number of imide groups is 1. The van der Waals surface area contributed by atoms with Crippen molar-refractivity contribution in [3.05, 3.63) is 71.9 Å². The fraction of sp³-hybridized carbons (Fsp3) is 0.0556. The van der Waals surface area contributed by atoms with Crippen molar-refractivity contribution in [1.82, 2.24) is 10.3 Å². The van der Waals surface area contributed by atoms with Crippen LogP contribution in [0.5, 0.6) is 0 Å². The van der Waals surface area contributed by atoms with E-state index in [0.717, 1.165) is 23.6 Å². The number of rotatable bonds is 2. The Balaban J connectivity index is 1.70. The number of nitrogens with one attached hydrogen (secondary N) is 2. The topological polar surface area (TPSA) is 71.1 Å². The molecule has 1 heterocycles. The Hall–Kier alpha value is -3.42. The second-order valence-corrected chi connectivity index (χ2v) is 5.40. The van der Waals surface area contributed by atoms with Gasteiger partial charge in [-0.05, 0) is 42.5 Å². The monoisotopic (exact) mass is 359 g/mol. The van der Waals surface area contributed by atoms with Crippen LogP contribution in [0.15, 0.2) is 60.8 Å². The number of hydrogen-bond donors (Lipinski definition) is 2. The molecule has 0 radical (unpaired) electrons. The van der Waals surface area contributed by atoms with Crippen LogP contribution >= 0.6 is 0 Å². The van der Waals surface area contributed by atoms with Gasteiger partial charge < -0.3 is 5.32 Å². The lowest BCUT2D eigenvalue weighted by Crippen LogP contribution is -2.34. The molecule has 5 nitrogen and oxygen atoms in total. The van der Waals surface area contributed by atoms with Gasteiger partial charge in [-0.25, -0.2) is 4.79 Å². The van der Waals surface area contributed by atoms with Crippen molar-refractivity contribution < 1.29 is 22.8 Å². The SMILES string of the molecule is O=C(NC(=O)c1ccc2ncccc2c1)Nc1cccc(C(F)(F)F)c1. The van der Waals surface area contributed by atoms with E-state index in [0.29, 0.717) is 5.52 Å². The lowest BCUT2D eigenvalue weighted by atomic mass is 10.1. The summed E-state index contributed by atoms with van der Waals surface area (Å²) in [6.45, 7) is 0. The minimum Gasteiger partial charge on any atom is -0.308 e. The molecule has 0 aliphatic carbocycles. The second kappa shape index (κ2) is 6.83. The molecule has 1 aromatic heterocycles. The first kappa shape index (κ1) is 17.4. The van der Waals surface area contributed by atoms with Gasteiger partial charge in [0.1, 0.15) is 0 Å². The molecule has 2 N–H and O–H groups in total. The maximum absolute atomic E-state index is 12.7. The first-order chi connectivity index (χ1) is 12.3. The zero-order chi connectivity index (χ0) is 18.7. The van der Waals surface area contributed by atoms with E-state index in [1.807, 2.05) is 0 Å². The summed E-state index contributed by atoms with van der Waals surface area (Å²) < 4.78 is 38.0. The minimum atomic E-state index is -4.52. The Morgan fingerprint density at radius 3 is 2.54 bits per heavy atom. The molecule has 0 atom stereocenters. The number of carbonyl (C=O) groups excluding carboxylic acids is 2. The van der Waals surface area contributed by atoms with Crippen molar-refractivity contribution in [2.24, 2.45) is 0 Å². The Morgan fingerprint density at radius 2 is 1.77 bits per heavy atom. The summed E-state index contributed by atoms with van der Waals surface area (Å²) in [5.74, 6) is -0.680. The number of urea groups is 1. The molecule has 132 valence electrons. The number of anilines is 1. The number of benzene rings is 2. The third-order valence-electron chi connectivity index (χ3n) is 3.54. The van der Waals surface area contributed by atoms with Crippen LogP contribution in [0.2, 0.25) is 0 Å².